The molecule has 6 heteroatoms. The minimum atomic E-state index is -0.727. The van der Waals surface area contributed by atoms with Crippen LogP contribution in [0.15, 0.2) is 0 Å². The smallest absolute Gasteiger partial charge is 0.184 e. The molecule has 0 aromatic rings. The summed E-state index contributed by atoms with van der Waals surface area (Å²) < 4.78 is 10.8. The molecule has 4 nitrogen and oxygen atoms in total. The van der Waals surface area contributed by atoms with E-state index in [9.17, 15) is 10.2 Å². The number of hydrogen-bond donors (Lipinski definition) is 2. The molecular weight excluding hydrogens is 248 g/mol. The second-order valence-electron chi connectivity index (χ2n) is 3.93. The minimum Gasteiger partial charge on any atom is -0.390 e. The Kier molecular flexibility index (Phi) is 10.2. The Morgan fingerprint density at radius 1 is 1.31 bits per heavy atom. The van der Waals surface area contributed by atoms with Crippen molar-refractivity contribution in [2.75, 3.05) is 0 Å². The first-order valence-electron chi connectivity index (χ1n) is 5.21. The summed E-state index contributed by atoms with van der Waals surface area (Å²) in [5, 5.41) is 19.0. The van der Waals surface area contributed by atoms with Crippen LogP contribution in [-0.2, 0) is 9.47 Å². The molecule has 1 heterocycles. The van der Waals surface area contributed by atoms with Crippen LogP contribution >= 0.6 is 27.0 Å². The molecule has 5 atom stereocenters. The van der Waals surface area contributed by atoms with Crippen molar-refractivity contribution in [3.05, 3.63) is 0 Å². The number of rotatable bonds is 3. The molecule has 1 saturated heterocycles. The van der Waals surface area contributed by atoms with E-state index in [4.69, 9.17) is 9.47 Å². The third kappa shape index (κ3) is 5.25. The molecule has 0 aromatic carbocycles. The monoisotopic (exact) mass is 272 g/mol. The highest BCUT2D eigenvalue weighted by molar-refractivity contribution is 7.59. The molecule has 16 heavy (non-hydrogen) atoms. The number of aliphatic hydroxyl groups is 2. The van der Waals surface area contributed by atoms with E-state index < -0.39 is 18.5 Å². The Morgan fingerprint density at radius 2 is 1.88 bits per heavy atom. The van der Waals surface area contributed by atoms with Crippen LogP contribution in [0.2, 0.25) is 0 Å². The topological polar surface area (TPSA) is 58.9 Å². The van der Waals surface area contributed by atoms with Gasteiger partial charge >= 0.3 is 0 Å². The van der Waals surface area contributed by atoms with E-state index in [1.54, 1.807) is 6.92 Å². The van der Waals surface area contributed by atoms with E-state index >= 15 is 0 Å². The van der Waals surface area contributed by atoms with E-state index in [-0.39, 0.29) is 39.2 Å². The summed E-state index contributed by atoms with van der Waals surface area (Å²) in [5.74, 6) is 0. The molecule has 1 fully saturated rings. The van der Waals surface area contributed by atoms with Crippen molar-refractivity contribution in [3.63, 3.8) is 0 Å². The molecule has 1 aliphatic heterocycles. The summed E-state index contributed by atoms with van der Waals surface area (Å²) in [7, 11) is 0. The normalized spacial score (nSPS) is 35.8. The van der Waals surface area contributed by atoms with Crippen LogP contribution in [0.25, 0.3) is 0 Å². The minimum absolute atomic E-state index is 0. The van der Waals surface area contributed by atoms with Crippen molar-refractivity contribution in [3.8, 4) is 0 Å². The number of ether oxygens (including phenoxy) is 2. The van der Waals surface area contributed by atoms with Gasteiger partial charge in [0, 0.05) is 6.42 Å². The molecule has 2 N–H and O–H groups in total. The molecule has 0 amide bonds. The summed E-state index contributed by atoms with van der Waals surface area (Å²) in [6.07, 6.45) is -0.920. The molecule has 0 aliphatic carbocycles. The largest absolute Gasteiger partial charge is 0.390 e. The zero-order valence-electron chi connectivity index (χ0n) is 10.0. The lowest BCUT2D eigenvalue weighted by molar-refractivity contribution is -0.273. The van der Waals surface area contributed by atoms with Gasteiger partial charge in [-0.2, -0.15) is 27.0 Å². The first-order valence-corrected chi connectivity index (χ1v) is 5.21. The van der Waals surface area contributed by atoms with E-state index in [1.807, 2.05) is 13.8 Å². The SMILES string of the molecule is CC[C@H](C)O[C@@H]1OC(C)[C@H](O)CC1O.S.S. The van der Waals surface area contributed by atoms with Crippen molar-refractivity contribution in [1.82, 2.24) is 0 Å². The van der Waals surface area contributed by atoms with E-state index in [1.165, 1.54) is 0 Å². The second-order valence-corrected chi connectivity index (χ2v) is 3.93. The first-order chi connectivity index (χ1) is 6.54. The van der Waals surface area contributed by atoms with Crippen LogP contribution in [0.5, 0.6) is 0 Å². The molecule has 0 aromatic heterocycles. The molecule has 0 spiro atoms. The summed E-state index contributed by atoms with van der Waals surface area (Å²) in [5.41, 5.74) is 0. The molecule has 0 saturated carbocycles. The first kappa shape index (κ1) is 18.9. The van der Waals surface area contributed by atoms with Crippen LogP contribution in [0.1, 0.15) is 33.6 Å². The third-order valence-corrected chi connectivity index (χ3v) is 2.63. The fourth-order valence-corrected chi connectivity index (χ4v) is 1.39. The van der Waals surface area contributed by atoms with Gasteiger partial charge in [0.2, 0.25) is 0 Å². The van der Waals surface area contributed by atoms with Gasteiger partial charge in [-0.25, -0.2) is 0 Å². The van der Waals surface area contributed by atoms with Gasteiger partial charge < -0.3 is 19.7 Å². The molecule has 0 radical (unpaired) electrons. The second kappa shape index (κ2) is 8.60. The molecule has 2 unspecified atom stereocenters. The van der Waals surface area contributed by atoms with Crippen molar-refractivity contribution < 1.29 is 19.7 Å². The predicted molar refractivity (Wildman–Crippen MR) is 72.6 cm³/mol. The quantitative estimate of drug-likeness (QED) is 0.801. The van der Waals surface area contributed by atoms with Gasteiger partial charge in [0.05, 0.1) is 18.3 Å². The average molecular weight is 272 g/mol. The lowest BCUT2D eigenvalue weighted by atomic mass is 10.0. The summed E-state index contributed by atoms with van der Waals surface area (Å²) in [6.45, 7) is 5.73. The zero-order chi connectivity index (χ0) is 10.7. The average Bonchev–Trinajstić information content (AvgIpc) is 2.14. The van der Waals surface area contributed by atoms with E-state index in [0.29, 0.717) is 6.42 Å². The van der Waals surface area contributed by atoms with Crippen molar-refractivity contribution in [2.45, 2.75) is 64.3 Å². The number of aliphatic hydroxyl groups excluding tert-OH is 2. The van der Waals surface area contributed by atoms with Crippen LogP contribution in [0.4, 0.5) is 0 Å². The fourth-order valence-electron chi connectivity index (χ4n) is 1.39. The highest BCUT2D eigenvalue weighted by Crippen LogP contribution is 2.22. The summed E-state index contributed by atoms with van der Waals surface area (Å²) >= 11 is 0. The Balaban J connectivity index is 0. The maximum Gasteiger partial charge on any atom is 0.184 e. The molecule has 0 bridgehead atoms. The van der Waals surface area contributed by atoms with E-state index in [2.05, 4.69) is 0 Å². The van der Waals surface area contributed by atoms with E-state index in [0.717, 1.165) is 6.42 Å². The Labute approximate surface area is 111 Å². The molecular formula is C10H24O4S2. The lowest BCUT2D eigenvalue weighted by Crippen LogP contribution is -2.48. The standard InChI is InChI=1S/C10H20O4.2H2S/c1-4-6(2)13-10-9(12)5-8(11)7(3)14-10;;/h6-12H,4-5H2,1-3H3;2*1H2/t6-,7?,8+,9?,10+;;/m0../s1. The molecule has 1 rings (SSSR count). The van der Waals surface area contributed by atoms with Crippen LogP contribution < -0.4 is 0 Å². The molecule has 1 aliphatic rings. The summed E-state index contributed by atoms with van der Waals surface area (Å²) in [6, 6.07) is 0. The number of hydrogen-bond acceptors (Lipinski definition) is 4. The Bertz CT molecular complexity index is 180. The lowest BCUT2D eigenvalue weighted by Gasteiger charge is -2.36. The maximum absolute atomic E-state index is 9.59. The van der Waals surface area contributed by atoms with Gasteiger partial charge in [-0.05, 0) is 20.3 Å². The van der Waals surface area contributed by atoms with Gasteiger partial charge in [-0.15, -0.1) is 0 Å². The maximum atomic E-state index is 9.59. The van der Waals surface area contributed by atoms with Gasteiger partial charge in [-0.1, -0.05) is 6.92 Å². The van der Waals surface area contributed by atoms with Gasteiger partial charge in [-0.3, -0.25) is 0 Å². The van der Waals surface area contributed by atoms with Crippen molar-refractivity contribution >= 4 is 27.0 Å². The van der Waals surface area contributed by atoms with Gasteiger partial charge in [0.25, 0.3) is 0 Å². The van der Waals surface area contributed by atoms with Crippen molar-refractivity contribution in [2.24, 2.45) is 0 Å². The van der Waals surface area contributed by atoms with Gasteiger partial charge in [0.1, 0.15) is 6.10 Å². The van der Waals surface area contributed by atoms with Crippen LogP contribution in [-0.4, -0.2) is 40.9 Å². The Hall–Kier alpha value is 0.540. The zero-order valence-corrected chi connectivity index (χ0v) is 12.0. The predicted octanol–water partition coefficient (Wildman–Crippen LogP) is 0.884. The fraction of sp³-hybridized carbons (Fsp3) is 1.00. The summed E-state index contributed by atoms with van der Waals surface area (Å²) in [4.78, 5) is 0. The highest BCUT2D eigenvalue weighted by Gasteiger charge is 2.35. The van der Waals surface area contributed by atoms with Crippen LogP contribution in [0.3, 0.4) is 0 Å². The van der Waals surface area contributed by atoms with Gasteiger partial charge in [0.15, 0.2) is 6.29 Å². The van der Waals surface area contributed by atoms with Crippen LogP contribution in [0, 0.1) is 0 Å². The highest BCUT2D eigenvalue weighted by atomic mass is 32.1. The van der Waals surface area contributed by atoms with Crippen molar-refractivity contribution in [1.29, 1.82) is 0 Å². The Morgan fingerprint density at radius 3 is 2.38 bits per heavy atom. The third-order valence-electron chi connectivity index (χ3n) is 2.63. The molecule has 100 valence electrons.